The Morgan fingerprint density at radius 1 is 1.56 bits per heavy atom. The minimum Gasteiger partial charge on any atom is -0.326 e. The molecule has 1 unspecified atom stereocenters. The van der Waals surface area contributed by atoms with E-state index < -0.39 is 0 Å². The molecule has 3 heteroatoms. The molecule has 0 amide bonds. The van der Waals surface area contributed by atoms with Gasteiger partial charge < -0.3 is 11.1 Å². The van der Waals surface area contributed by atoms with E-state index in [1.807, 2.05) is 6.92 Å². The summed E-state index contributed by atoms with van der Waals surface area (Å²) >= 11 is 0. The van der Waals surface area contributed by atoms with Gasteiger partial charge in [-0.1, -0.05) is 0 Å². The highest BCUT2D eigenvalue weighted by atomic mass is 31.0. The summed E-state index contributed by atoms with van der Waals surface area (Å²) in [5, 5.41) is 8.29. The third-order valence-corrected chi connectivity index (χ3v) is 1.48. The number of nitrogens with one attached hydrogen (secondary N) is 1. The van der Waals surface area contributed by atoms with E-state index in [2.05, 4.69) is 9.24 Å². The summed E-state index contributed by atoms with van der Waals surface area (Å²) in [5.74, 6) is 0. The second-order valence-electron chi connectivity index (χ2n) is 1.99. The average molecular weight is 144 g/mol. The number of rotatable bonds is 2. The Morgan fingerprint density at radius 3 is 2.00 bits per heavy atom. The molecule has 0 aliphatic heterocycles. The number of hydrogen-bond donors (Lipinski definition) is 2. The minimum absolute atomic E-state index is 0.463. The second kappa shape index (κ2) is 3.76. The lowest BCUT2D eigenvalue weighted by atomic mass is 10.2. The molecule has 0 aromatic carbocycles. The molecule has 0 aliphatic rings. The maximum absolute atomic E-state index is 7.23. The second-order valence-corrected chi connectivity index (χ2v) is 2.86. The fourth-order valence-electron chi connectivity index (χ4n) is 0.610. The van der Waals surface area contributed by atoms with Crippen molar-refractivity contribution in [1.29, 1.82) is 5.41 Å². The maximum Gasteiger partial charge on any atom is 0.0330 e. The van der Waals surface area contributed by atoms with Gasteiger partial charge in [0.25, 0.3) is 0 Å². The van der Waals surface area contributed by atoms with E-state index in [1.54, 1.807) is 6.92 Å². The van der Waals surface area contributed by atoms with Gasteiger partial charge in [-0.2, -0.15) is 0 Å². The van der Waals surface area contributed by atoms with Gasteiger partial charge in [0.15, 0.2) is 0 Å². The summed E-state index contributed by atoms with van der Waals surface area (Å²) in [6.07, 6.45) is 0. The first-order chi connectivity index (χ1) is 4.09. The fraction of sp³-hybridized carbons (Fsp3) is 0.500. The minimum atomic E-state index is 0.463. The third kappa shape index (κ3) is 2.73. The van der Waals surface area contributed by atoms with Gasteiger partial charge in [-0.3, -0.25) is 0 Å². The molecule has 52 valence electrons. The van der Waals surface area contributed by atoms with E-state index in [-0.39, 0.29) is 0 Å². The molecule has 0 aromatic rings. The number of nitrogens with two attached hydrogens (primary N) is 1. The lowest BCUT2D eigenvalue weighted by Crippen LogP contribution is -2.10. The van der Waals surface area contributed by atoms with Gasteiger partial charge in [-0.05, 0) is 24.7 Å². The Labute approximate surface area is 58.2 Å². The van der Waals surface area contributed by atoms with Crippen LogP contribution in [-0.2, 0) is 0 Å². The monoisotopic (exact) mass is 144 g/mol. The molecule has 0 aromatic heterocycles. The Balaban J connectivity index is 4.35. The summed E-state index contributed by atoms with van der Waals surface area (Å²) in [5.41, 5.74) is 6.85. The van der Waals surface area contributed by atoms with Crippen LogP contribution >= 0.6 is 9.24 Å². The highest BCUT2D eigenvalue weighted by Gasteiger charge is 1.97. The van der Waals surface area contributed by atoms with Crippen LogP contribution in [0.25, 0.3) is 0 Å². The zero-order valence-corrected chi connectivity index (χ0v) is 7.02. The predicted molar refractivity (Wildman–Crippen MR) is 44.9 cm³/mol. The Morgan fingerprint density at radius 2 is 2.00 bits per heavy atom. The molecule has 0 radical (unpaired) electrons. The van der Waals surface area contributed by atoms with Crippen LogP contribution in [0.15, 0.2) is 10.9 Å². The molecule has 9 heavy (non-hydrogen) atoms. The van der Waals surface area contributed by atoms with Crippen LogP contribution in [0.3, 0.4) is 0 Å². The first-order valence-corrected chi connectivity index (χ1v) is 3.38. The largest absolute Gasteiger partial charge is 0.326 e. The quantitative estimate of drug-likeness (QED) is 0.443. The molecule has 1 atom stereocenters. The van der Waals surface area contributed by atoms with Crippen LogP contribution in [0.2, 0.25) is 0 Å². The lowest BCUT2D eigenvalue weighted by molar-refractivity contribution is 1.18. The fourth-order valence-corrected chi connectivity index (χ4v) is 0.944. The highest BCUT2D eigenvalue weighted by Crippen LogP contribution is 2.10. The van der Waals surface area contributed by atoms with E-state index in [1.165, 1.54) is 0 Å². The molecule has 0 bridgehead atoms. The van der Waals surface area contributed by atoms with Crippen molar-refractivity contribution in [1.82, 2.24) is 0 Å². The van der Waals surface area contributed by atoms with Crippen molar-refractivity contribution >= 4 is 15.0 Å². The van der Waals surface area contributed by atoms with E-state index in [0.29, 0.717) is 12.3 Å². The van der Waals surface area contributed by atoms with Gasteiger partial charge in [-0.15, -0.1) is 9.24 Å². The molecule has 0 aliphatic carbocycles. The van der Waals surface area contributed by atoms with E-state index >= 15 is 0 Å². The smallest absolute Gasteiger partial charge is 0.0330 e. The molecular weight excluding hydrogens is 131 g/mol. The zero-order chi connectivity index (χ0) is 7.44. The van der Waals surface area contributed by atoms with Crippen LogP contribution in [0.4, 0.5) is 0 Å². The normalized spacial score (nSPS) is 12.9. The van der Waals surface area contributed by atoms with Crippen molar-refractivity contribution in [3.05, 3.63) is 10.9 Å². The Hall–Kier alpha value is -0.200. The van der Waals surface area contributed by atoms with Crippen molar-refractivity contribution in [2.45, 2.75) is 13.8 Å². The summed E-state index contributed by atoms with van der Waals surface area (Å²) in [7, 11) is 2.54. The molecule has 0 heterocycles. The molecule has 0 saturated carbocycles. The van der Waals surface area contributed by atoms with Crippen molar-refractivity contribution < 1.29 is 0 Å². The zero-order valence-electron chi connectivity index (χ0n) is 5.86. The average Bonchev–Trinajstić information content (AvgIpc) is 1.64. The molecular formula is C6H13N2P. The topological polar surface area (TPSA) is 49.9 Å². The summed E-state index contributed by atoms with van der Waals surface area (Å²) in [6.45, 7) is 4.14. The SMILES string of the molecule is CC(=N)C(CN)=C(C)P. The first-order valence-electron chi connectivity index (χ1n) is 2.80. The molecule has 0 spiro atoms. The van der Waals surface area contributed by atoms with E-state index in [0.717, 1.165) is 10.9 Å². The lowest BCUT2D eigenvalue weighted by Gasteiger charge is -2.02. The van der Waals surface area contributed by atoms with Crippen molar-refractivity contribution in [2.75, 3.05) is 6.54 Å². The van der Waals surface area contributed by atoms with Crippen LogP contribution in [0, 0.1) is 5.41 Å². The summed E-state index contributed by atoms with van der Waals surface area (Å²) < 4.78 is 0. The van der Waals surface area contributed by atoms with Crippen LogP contribution in [0.1, 0.15) is 13.8 Å². The van der Waals surface area contributed by atoms with Crippen LogP contribution < -0.4 is 5.73 Å². The van der Waals surface area contributed by atoms with Crippen molar-refractivity contribution in [3.63, 3.8) is 0 Å². The van der Waals surface area contributed by atoms with Gasteiger partial charge >= 0.3 is 0 Å². The predicted octanol–water partition coefficient (Wildman–Crippen LogP) is 1.13. The third-order valence-electron chi connectivity index (χ3n) is 1.13. The van der Waals surface area contributed by atoms with Gasteiger partial charge in [0.1, 0.15) is 0 Å². The van der Waals surface area contributed by atoms with E-state index in [9.17, 15) is 0 Å². The molecule has 2 nitrogen and oxygen atoms in total. The van der Waals surface area contributed by atoms with Gasteiger partial charge in [0.2, 0.25) is 0 Å². The molecule has 0 fully saturated rings. The van der Waals surface area contributed by atoms with E-state index in [4.69, 9.17) is 11.1 Å². The Kier molecular flexibility index (Phi) is 3.67. The van der Waals surface area contributed by atoms with Crippen LogP contribution in [-0.4, -0.2) is 12.3 Å². The first kappa shape index (κ1) is 8.80. The summed E-state index contributed by atoms with van der Waals surface area (Å²) in [4.78, 5) is 0. The van der Waals surface area contributed by atoms with Crippen LogP contribution in [0.5, 0.6) is 0 Å². The number of hydrogen-bond acceptors (Lipinski definition) is 2. The van der Waals surface area contributed by atoms with Crippen molar-refractivity contribution in [2.24, 2.45) is 5.73 Å². The highest BCUT2D eigenvalue weighted by molar-refractivity contribution is 7.22. The molecule has 0 rings (SSSR count). The maximum atomic E-state index is 7.23. The number of allylic oxidation sites excluding steroid dienone is 1. The van der Waals surface area contributed by atoms with Crippen molar-refractivity contribution in [3.8, 4) is 0 Å². The summed E-state index contributed by atoms with van der Waals surface area (Å²) in [6, 6.07) is 0. The molecule has 0 saturated heterocycles. The standard InChI is InChI=1S/C6H13N2P/c1-4(8)6(3-7)5(2)9/h8H,3,7,9H2,1-2H3. The Bertz CT molecular complexity index is 145. The van der Waals surface area contributed by atoms with Gasteiger partial charge in [0.05, 0.1) is 0 Å². The van der Waals surface area contributed by atoms with Gasteiger partial charge in [-0.25, -0.2) is 0 Å². The van der Waals surface area contributed by atoms with Gasteiger partial charge in [0, 0.05) is 12.3 Å². The molecule has 3 N–H and O–H groups in total.